The number of ether oxygens (including phenoxy) is 2. The van der Waals surface area contributed by atoms with Crippen LogP contribution in [0.3, 0.4) is 0 Å². The molecule has 0 aromatic rings. The van der Waals surface area contributed by atoms with E-state index in [4.69, 9.17) is 15.2 Å². The normalized spacial score (nSPS) is 17.2. The molecule has 66 valence electrons. The van der Waals surface area contributed by atoms with Crippen molar-refractivity contribution in [1.29, 1.82) is 0 Å². The number of hydrogen-bond acceptors (Lipinski definition) is 3. The van der Waals surface area contributed by atoms with Crippen molar-refractivity contribution in [2.24, 2.45) is 11.7 Å². The molecule has 11 heavy (non-hydrogen) atoms. The molecule has 3 heteroatoms. The van der Waals surface area contributed by atoms with Crippen LogP contribution >= 0.6 is 0 Å². The van der Waals surface area contributed by atoms with Gasteiger partial charge >= 0.3 is 0 Å². The fourth-order valence-corrected chi connectivity index (χ4v) is 0.803. The average molecular weight is 159 g/mol. The summed E-state index contributed by atoms with van der Waals surface area (Å²) in [5, 5.41) is 0. The maximum atomic E-state index is 5.28. The molecule has 2 N–H and O–H groups in total. The van der Waals surface area contributed by atoms with E-state index in [1.54, 1.807) is 0 Å². The summed E-state index contributed by atoms with van der Waals surface area (Å²) >= 11 is 0. The Morgan fingerprint density at radius 3 is 2.73 bits per heavy atom. The van der Waals surface area contributed by atoms with Gasteiger partial charge in [0.1, 0.15) is 6.79 Å². The first kappa shape index (κ1) is 8.97. The van der Waals surface area contributed by atoms with Crippen LogP contribution in [0.1, 0.15) is 19.3 Å². The minimum Gasteiger partial charge on any atom is -0.355 e. The molecule has 3 nitrogen and oxygen atoms in total. The zero-order valence-electron chi connectivity index (χ0n) is 6.92. The second-order valence-electron chi connectivity index (χ2n) is 2.98. The molecule has 0 radical (unpaired) electrons. The molecule has 1 aliphatic carbocycles. The van der Waals surface area contributed by atoms with Crippen LogP contribution < -0.4 is 5.73 Å². The maximum absolute atomic E-state index is 5.28. The molecule has 0 unspecified atom stereocenters. The lowest BCUT2D eigenvalue weighted by Gasteiger charge is -2.03. The Morgan fingerprint density at radius 2 is 2.09 bits per heavy atom. The van der Waals surface area contributed by atoms with E-state index in [-0.39, 0.29) is 0 Å². The second kappa shape index (κ2) is 5.52. The Labute approximate surface area is 67.9 Å². The third-order valence-corrected chi connectivity index (χ3v) is 1.71. The molecule has 0 amide bonds. The van der Waals surface area contributed by atoms with Crippen molar-refractivity contribution in [3.63, 3.8) is 0 Å². The minimum absolute atomic E-state index is 0.441. The van der Waals surface area contributed by atoms with Crippen LogP contribution in [0.5, 0.6) is 0 Å². The fraction of sp³-hybridized carbons (Fsp3) is 1.00. The summed E-state index contributed by atoms with van der Waals surface area (Å²) in [7, 11) is 0. The Balaban J connectivity index is 1.66. The molecule has 0 heterocycles. The first-order valence-corrected chi connectivity index (χ1v) is 4.29. The van der Waals surface area contributed by atoms with Gasteiger partial charge in [-0.05, 0) is 31.7 Å². The number of hydrogen-bond donors (Lipinski definition) is 1. The van der Waals surface area contributed by atoms with Crippen LogP contribution in [0.15, 0.2) is 0 Å². The van der Waals surface area contributed by atoms with Crippen molar-refractivity contribution in [2.45, 2.75) is 19.3 Å². The van der Waals surface area contributed by atoms with Crippen molar-refractivity contribution in [1.82, 2.24) is 0 Å². The zero-order chi connectivity index (χ0) is 7.94. The van der Waals surface area contributed by atoms with Crippen LogP contribution in [-0.4, -0.2) is 26.6 Å². The third-order valence-electron chi connectivity index (χ3n) is 1.71. The van der Waals surface area contributed by atoms with E-state index in [2.05, 4.69) is 0 Å². The number of nitrogens with two attached hydrogens (primary N) is 1. The highest BCUT2D eigenvalue weighted by atomic mass is 16.7. The van der Waals surface area contributed by atoms with E-state index in [0.717, 1.165) is 25.6 Å². The minimum atomic E-state index is 0.441. The van der Waals surface area contributed by atoms with Crippen molar-refractivity contribution >= 4 is 0 Å². The first-order valence-electron chi connectivity index (χ1n) is 4.29. The monoisotopic (exact) mass is 159 g/mol. The van der Waals surface area contributed by atoms with E-state index in [1.165, 1.54) is 12.8 Å². The molecular formula is C8H17NO2. The summed E-state index contributed by atoms with van der Waals surface area (Å²) < 4.78 is 10.4. The summed E-state index contributed by atoms with van der Waals surface area (Å²) in [6.45, 7) is 2.74. The molecule has 0 bridgehead atoms. The highest BCUT2D eigenvalue weighted by Gasteiger charge is 2.20. The topological polar surface area (TPSA) is 44.5 Å². The van der Waals surface area contributed by atoms with Crippen molar-refractivity contribution in [3.8, 4) is 0 Å². The van der Waals surface area contributed by atoms with Gasteiger partial charge in [-0.25, -0.2) is 0 Å². The van der Waals surface area contributed by atoms with Crippen LogP contribution in [-0.2, 0) is 9.47 Å². The van der Waals surface area contributed by atoms with Crippen LogP contribution in [0, 0.1) is 5.92 Å². The van der Waals surface area contributed by atoms with Gasteiger partial charge in [-0.3, -0.25) is 0 Å². The molecule has 1 saturated carbocycles. The molecule has 0 aromatic heterocycles. The lowest BCUT2D eigenvalue weighted by molar-refractivity contribution is -0.0571. The smallest absolute Gasteiger partial charge is 0.146 e. The summed E-state index contributed by atoms with van der Waals surface area (Å²) in [5.41, 5.74) is 5.28. The van der Waals surface area contributed by atoms with Crippen molar-refractivity contribution in [3.05, 3.63) is 0 Å². The number of rotatable bonds is 7. The Kier molecular flexibility index (Phi) is 4.50. The van der Waals surface area contributed by atoms with E-state index in [1.807, 2.05) is 0 Å². The van der Waals surface area contributed by atoms with E-state index in [9.17, 15) is 0 Å². The quantitative estimate of drug-likeness (QED) is 0.440. The van der Waals surface area contributed by atoms with Crippen LogP contribution in [0.4, 0.5) is 0 Å². The first-order chi connectivity index (χ1) is 5.43. The summed E-state index contributed by atoms with van der Waals surface area (Å²) in [6, 6.07) is 0. The van der Waals surface area contributed by atoms with Gasteiger partial charge < -0.3 is 15.2 Å². The summed E-state index contributed by atoms with van der Waals surface area (Å²) in [6.07, 6.45) is 3.60. The molecule has 1 aliphatic rings. The van der Waals surface area contributed by atoms with E-state index in [0.29, 0.717) is 13.3 Å². The average Bonchev–Trinajstić information content (AvgIpc) is 2.80. The second-order valence-corrected chi connectivity index (χ2v) is 2.98. The van der Waals surface area contributed by atoms with Gasteiger partial charge in [-0.15, -0.1) is 0 Å². The van der Waals surface area contributed by atoms with E-state index < -0.39 is 0 Å². The largest absolute Gasteiger partial charge is 0.355 e. The van der Waals surface area contributed by atoms with Gasteiger partial charge in [0.25, 0.3) is 0 Å². The van der Waals surface area contributed by atoms with Crippen molar-refractivity contribution < 1.29 is 9.47 Å². The predicted octanol–water partition coefficient (Wildman–Crippen LogP) is 0.736. The van der Waals surface area contributed by atoms with Gasteiger partial charge in [-0.2, -0.15) is 0 Å². The van der Waals surface area contributed by atoms with Gasteiger partial charge in [0, 0.05) is 0 Å². The molecule has 0 atom stereocenters. The maximum Gasteiger partial charge on any atom is 0.146 e. The van der Waals surface area contributed by atoms with Crippen LogP contribution in [0.25, 0.3) is 0 Å². The standard InChI is InChI=1S/C8H17NO2/c9-4-1-5-10-7-11-6-8-2-3-8/h8H,1-7,9H2. The highest BCUT2D eigenvalue weighted by Crippen LogP contribution is 2.28. The Bertz CT molecular complexity index is 94.1. The molecule has 0 saturated heterocycles. The van der Waals surface area contributed by atoms with Gasteiger partial charge in [0.15, 0.2) is 0 Å². The van der Waals surface area contributed by atoms with Gasteiger partial charge in [-0.1, -0.05) is 0 Å². The molecule has 0 aromatic carbocycles. The highest BCUT2D eigenvalue weighted by molar-refractivity contribution is 4.71. The van der Waals surface area contributed by atoms with Crippen molar-refractivity contribution in [2.75, 3.05) is 26.6 Å². The molecule has 1 rings (SSSR count). The molecule has 0 spiro atoms. The fourth-order valence-electron chi connectivity index (χ4n) is 0.803. The molecule has 1 fully saturated rings. The summed E-state index contributed by atoms with van der Waals surface area (Å²) in [4.78, 5) is 0. The predicted molar refractivity (Wildman–Crippen MR) is 43.2 cm³/mol. The van der Waals surface area contributed by atoms with E-state index >= 15 is 0 Å². The Hall–Kier alpha value is -0.120. The SMILES string of the molecule is NCCCOCOCC1CC1. The Morgan fingerprint density at radius 1 is 1.27 bits per heavy atom. The van der Waals surface area contributed by atoms with Crippen LogP contribution in [0.2, 0.25) is 0 Å². The lowest BCUT2D eigenvalue weighted by Crippen LogP contribution is -2.07. The van der Waals surface area contributed by atoms with Gasteiger partial charge in [0.05, 0.1) is 13.2 Å². The van der Waals surface area contributed by atoms with Gasteiger partial charge in [0.2, 0.25) is 0 Å². The third kappa shape index (κ3) is 5.18. The molecule has 0 aliphatic heterocycles. The lowest BCUT2D eigenvalue weighted by atomic mass is 10.5. The molecular weight excluding hydrogens is 142 g/mol. The summed E-state index contributed by atoms with van der Waals surface area (Å²) in [5.74, 6) is 0.827. The zero-order valence-corrected chi connectivity index (χ0v) is 6.92.